The monoisotopic (exact) mass is 336 g/mol. The van der Waals surface area contributed by atoms with Crippen molar-refractivity contribution >= 4 is 11.6 Å². The number of carbonyl (C=O) groups is 1. The zero-order chi connectivity index (χ0) is 17.9. The fourth-order valence-electron chi connectivity index (χ4n) is 3.33. The number of benzene rings is 2. The maximum atomic E-state index is 12.3. The van der Waals surface area contributed by atoms with Gasteiger partial charge in [0.1, 0.15) is 0 Å². The third-order valence-electron chi connectivity index (χ3n) is 4.89. The summed E-state index contributed by atoms with van der Waals surface area (Å²) in [6.07, 6.45) is 2.09. The summed E-state index contributed by atoms with van der Waals surface area (Å²) in [5.74, 6) is 0.0160. The topological polar surface area (TPSA) is 32.3 Å². The molecule has 0 unspecified atom stereocenters. The Morgan fingerprint density at radius 1 is 1.08 bits per heavy atom. The molecule has 0 aliphatic carbocycles. The zero-order valence-corrected chi connectivity index (χ0v) is 15.5. The van der Waals surface area contributed by atoms with Crippen LogP contribution >= 0.6 is 0 Å². The minimum atomic E-state index is 0.0160. The molecular formula is C22H28N2O. The molecule has 1 aliphatic heterocycles. The van der Waals surface area contributed by atoms with Crippen LogP contribution in [-0.2, 0) is 11.8 Å². The number of rotatable bonds is 5. The molecule has 2 aromatic rings. The first-order chi connectivity index (χ1) is 11.9. The van der Waals surface area contributed by atoms with Gasteiger partial charge in [0.15, 0.2) is 0 Å². The number of para-hydroxylation sites is 1. The molecule has 0 aromatic heterocycles. The number of nitrogens with one attached hydrogen (secondary N) is 1. The predicted molar refractivity (Wildman–Crippen MR) is 104 cm³/mol. The number of anilines is 1. The van der Waals surface area contributed by atoms with Crippen LogP contribution < -0.4 is 10.2 Å². The Hall–Kier alpha value is -2.29. The molecule has 0 fully saturated rings. The summed E-state index contributed by atoms with van der Waals surface area (Å²) in [6.45, 7) is 9.32. The fraction of sp³-hybridized carbons (Fsp3) is 0.409. The third-order valence-corrected chi connectivity index (χ3v) is 4.89. The molecule has 3 rings (SSSR count). The molecule has 0 spiro atoms. The van der Waals surface area contributed by atoms with E-state index in [1.165, 1.54) is 16.8 Å². The van der Waals surface area contributed by atoms with E-state index in [2.05, 4.69) is 67.4 Å². The first-order valence-corrected chi connectivity index (χ1v) is 9.17. The van der Waals surface area contributed by atoms with Gasteiger partial charge in [-0.1, -0.05) is 51.1 Å². The van der Waals surface area contributed by atoms with E-state index in [-0.39, 0.29) is 11.3 Å². The van der Waals surface area contributed by atoms with Gasteiger partial charge in [0, 0.05) is 30.9 Å². The highest BCUT2D eigenvalue weighted by Crippen LogP contribution is 2.27. The van der Waals surface area contributed by atoms with E-state index >= 15 is 0 Å². The van der Waals surface area contributed by atoms with Gasteiger partial charge >= 0.3 is 0 Å². The van der Waals surface area contributed by atoms with E-state index in [0.717, 1.165) is 31.5 Å². The van der Waals surface area contributed by atoms with Crippen molar-refractivity contribution < 1.29 is 4.79 Å². The maximum Gasteiger partial charge on any atom is 0.251 e. The van der Waals surface area contributed by atoms with Crippen molar-refractivity contribution in [3.05, 3.63) is 65.2 Å². The Bertz CT molecular complexity index is 728. The van der Waals surface area contributed by atoms with Crippen LogP contribution in [0.25, 0.3) is 0 Å². The molecule has 3 heteroatoms. The molecule has 1 N–H and O–H groups in total. The lowest BCUT2D eigenvalue weighted by atomic mass is 9.87. The fourth-order valence-corrected chi connectivity index (χ4v) is 3.33. The van der Waals surface area contributed by atoms with Crippen LogP contribution in [0.1, 0.15) is 48.7 Å². The molecule has 3 nitrogen and oxygen atoms in total. The molecule has 0 saturated heterocycles. The summed E-state index contributed by atoms with van der Waals surface area (Å²) in [4.78, 5) is 14.7. The van der Waals surface area contributed by atoms with Crippen LogP contribution in [0.5, 0.6) is 0 Å². The van der Waals surface area contributed by atoms with E-state index in [0.29, 0.717) is 6.54 Å². The number of fused-ring (bicyclic) bond motifs is 1. The molecule has 2 aromatic carbocycles. The van der Waals surface area contributed by atoms with Crippen LogP contribution in [0.2, 0.25) is 0 Å². The van der Waals surface area contributed by atoms with Gasteiger partial charge in [0.25, 0.3) is 5.91 Å². The normalized spacial score (nSPS) is 13.6. The predicted octanol–water partition coefficient (Wildman–Crippen LogP) is 4.17. The lowest BCUT2D eigenvalue weighted by Gasteiger charge is -2.20. The third kappa shape index (κ3) is 4.22. The summed E-state index contributed by atoms with van der Waals surface area (Å²) < 4.78 is 0. The van der Waals surface area contributed by atoms with Gasteiger partial charge in [-0.25, -0.2) is 0 Å². The van der Waals surface area contributed by atoms with E-state index in [1.54, 1.807) is 0 Å². The van der Waals surface area contributed by atoms with Crippen LogP contribution in [0.3, 0.4) is 0 Å². The van der Waals surface area contributed by atoms with Crippen molar-refractivity contribution in [1.82, 2.24) is 5.32 Å². The number of carbonyl (C=O) groups excluding carboxylic acids is 1. The van der Waals surface area contributed by atoms with E-state index in [4.69, 9.17) is 0 Å². The Kier molecular flexibility index (Phi) is 5.12. The van der Waals surface area contributed by atoms with Crippen molar-refractivity contribution in [2.45, 2.75) is 39.0 Å². The number of hydrogen-bond donors (Lipinski definition) is 1. The first kappa shape index (κ1) is 17.5. The summed E-state index contributed by atoms with van der Waals surface area (Å²) in [5, 5.41) is 3.04. The van der Waals surface area contributed by atoms with Gasteiger partial charge in [0.05, 0.1) is 0 Å². The van der Waals surface area contributed by atoms with Gasteiger partial charge in [-0.15, -0.1) is 0 Å². The van der Waals surface area contributed by atoms with Gasteiger partial charge in [-0.2, -0.15) is 0 Å². The highest BCUT2D eigenvalue weighted by molar-refractivity contribution is 5.94. The van der Waals surface area contributed by atoms with Crippen molar-refractivity contribution in [2.24, 2.45) is 0 Å². The molecule has 0 saturated carbocycles. The van der Waals surface area contributed by atoms with Crippen LogP contribution in [0, 0.1) is 0 Å². The SMILES string of the molecule is CC(C)(C)c1ccc(C(=O)NCCCN2CCc3ccccc32)cc1. The summed E-state index contributed by atoms with van der Waals surface area (Å²) in [6, 6.07) is 16.6. The second-order valence-corrected chi connectivity index (χ2v) is 7.80. The summed E-state index contributed by atoms with van der Waals surface area (Å²) in [7, 11) is 0. The lowest BCUT2D eigenvalue weighted by Crippen LogP contribution is -2.29. The smallest absolute Gasteiger partial charge is 0.251 e. The van der Waals surface area contributed by atoms with E-state index in [9.17, 15) is 4.79 Å². The largest absolute Gasteiger partial charge is 0.371 e. The average Bonchev–Trinajstić information content (AvgIpc) is 3.01. The highest BCUT2D eigenvalue weighted by Gasteiger charge is 2.17. The highest BCUT2D eigenvalue weighted by atomic mass is 16.1. The maximum absolute atomic E-state index is 12.3. The molecule has 0 bridgehead atoms. The second-order valence-electron chi connectivity index (χ2n) is 7.80. The minimum absolute atomic E-state index is 0.0160. The summed E-state index contributed by atoms with van der Waals surface area (Å²) in [5.41, 5.74) is 4.88. The van der Waals surface area contributed by atoms with E-state index in [1.807, 2.05) is 12.1 Å². The van der Waals surface area contributed by atoms with Crippen molar-refractivity contribution in [3.8, 4) is 0 Å². The molecule has 0 atom stereocenters. The zero-order valence-electron chi connectivity index (χ0n) is 15.5. The van der Waals surface area contributed by atoms with Crippen LogP contribution in [-0.4, -0.2) is 25.5 Å². The van der Waals surface area contributed by atoms with Crippen LogP contribution in [0.15, 0.2) is 48.5 Å². The Morgan fingerprint density at radius 2 is 1.80 bits per heavy atom. The molecule has 1 aliphatic rings. The molecule has 1 heterocycles. The first-order valence-electron chi connectivity index (χ1n) is 9.17. The molecular weight excluding hydrogens is 308 g/mol. The van der Waals surface area contributed by atoms with Crippen molar-refractivity contribution in [1.29, 1.82) is 0 Å². The van der Waals surface area contributed by atoms with Gasteiger partial charge < -0.3 is 10.2 Å². The molecule has 0 radical (unpaired) electrons. The number of hydrogen-bond acceptors (Lipinski definition) is 2. The van der Waals surface area contributed by atoms with Crippen LogP contribution in [0.4, 0.5) is 5.69 Å². The van der Waals surface area contributed by atoms with Crippen molar-refractivity contribution in [2.75, 3.05) is 24.5 Å². The summed E-state index contributed by atoms with van der Waals surface area (Å²) >= 11 is 0. The Morgan fingerprint density at radius 3 is 2.52 bits per heavy atom. The quantitative estimate of drug-likeness (QED) is 0.831. The molecule has 1 amide bonds. The Balaban J connectivity index is 1.46. The Labute approximate surface area is 151 Å². The number of amides is 1. The second kappa shape index (κ2) is 7.30. The number of nitrogens with zero attached hydrogens (tertiary/aromatic N) is 1. The van der Waals surface area contributed by atoms with Gasteiger partial charge in [-0.05, 0) is 47.6 Å². The molecule has 132 valence electrons. The van der Waals surface area contributed by atoms with E-state index < -0.39 is 0 Å². The molecule has 25 heavy (non-hydrogen) atoms. The standard InChI is InChI=1S/C22H28N2O/c1-22(2,3)19-11-9-18(10-12-19)21(25)23-14-6-15-24-16-13-17-7-4-5-8-20(17)24/h4-5,7-12H,6,13-16H2,1-3H3,(H,23,25). The minimum Gasteiger partial charge on any atom is -0.371 e. The average molecular weight is 336 g/mol. The van der Waals surface area contributed by atoms with Crippen molar-refractivity contribution in [3.63, 3.8) is 0 Å². The van der Waals surface area contributed by atoms with Gasteiger partial charge in [-0.3, -0.25) is 4.79 Å². The van der Waals surface area contributed by atoms with Gasteiger partial charge in [0.2, 0.25) is 0 Å². The lowest BCUT2D eigenvalue weighted by molar-refractivity contribution is 0.0953.